The van der Waals surface area contributed by atoms with Crippen molar-refractivity contribution in [3.63, 3.8) is 0 Å². The number of methoxy groups -OCH3 is 3. The van der Waals surface area contributed by atoms with Crippen LogP contribution in [-0.2, 0) is 15.1 Å². The standard InChI is InChI=1S/C12H18O4/c1-12(13,11(15-3)16-4)9-5-7-10(14-2)8-6-9/h5-8,11,13H,1-4H3. The molecule has 90 valence electrons. The molecule has 1 atom stereocenters. The first-order valence-corrected chi connectivity index (χ1v) is 4.98. The van der Waals surface area contributed by atoms with Gasteiger partial charge < -0.3 is 19.3 Å². The number of benzene rings is 1. The minimum atomic E-state index is -1.20. The lowest BCUT2D eigenvalue weighted by Gasteiger charge is -2.30. The fraction of sp³-hybridized carbons (Fsp3) is 0.500. The van der Waals surface area contributed by atoms with E-state index in [2.05, 4.69) is 0 Å². The predicted molar refractivity (Wildman–Crippen MR) is 60.4 cm³/mol. The van der Waals surface area contributed by atoms with Crippen LogP contribution in [0.4, 0.5) is 0 Å². The van der Waals surface area contributed by atoms with E-state index >= 15 is 0 Å². The molecule has 0 aliphatic carbocycles. The van der Waals surface area contributed by atoms with E-state index in [1.54, 1.807) is 38.3 Å². The normalized spacial score (nSPS) is 14.9. The largest absolute Gasteiger partial charge is 0.497 e. The number of ether oxygens (including phenoxy) is 3. The molecule has 1 unspecified atom stereocenters. The lowest BCUT2D eigenvalue weighted by atomic mass is 9.95. The van der Waals surface area contributed by atoms with Gasteiger partial charge in [0, 0.05) is 14.2 Å². The van der Waals surface area contributed by atoms with Gasteiger partial charge in [-0.3, -0.25) is 0 Å². The fourth-order valence-corrected chi connectivity index (χ4v) is 1.62. The highest BCUT2D eigenvalue weighted by atomic mass is 16.7. The Labute approximate surface area is 95.8 Å². The third-order valence-electron chi connectivity index (χ3n) is 2.56. The molecule has 0 fully saturated rings. The Balaban J connectivity index is 2.96. The van der Waals surface area contributed by atoms with Gasteiger partial charge in [0.1, 0.15) is 11.4 Å². The van der Waals surface area contributed by atoms with Crippen LogP contribution >= 0.6 is 0 Å². The maximum atomic E-state index is 10.3. The van der Waals surface area contributed by atoms with E-state index in [9.17, 15) is 5.11 Å². The molecule has 1 aromatic rings. The first-order chi connectivity index (χ1) is 7.56. The average Bonchev–Trinajstić information content (AvgIpc) is 2.30. The molecule has 4 heteroatoms. The van der Waals surface area contributed by atoms with E-state index in [1.165, 1.54) is 14.2 Å². The number of aliphatic hydroxyl groups is 1. The third kappa shape index (κ3) is 2.52. The monoisotopic (exact) mass is 226 g/mol. The van der Waals surface area contributed by atoms with Gasteiger partial charge in [-0.25, -0.2) is 0 Å². The highest BCUT2D eigenvalue weighted by molar-refractivity contribution is 5.30. The lowest BCUT2D eigenvalue weighted by Crippen LogP contribution is -2.39. The SMILES string of the molecule is COc1ccc(C(C)(O)C(OC)OC)cc1. The molecule has 16 heavy (non-hydrogen) atoms. The summed E-state index contributed by atoms with van der Waals surface area (Å²) < 4.78 is 15.2. The number of hydrogen-bond acceptors (Lipinski definition) is 4. The Kier molecular flexibility index (Phi) is 4.29. The van der Waals surface area contributed by atoms with Gasteiger partial charge in [0.25, 0.3) is 0 Å². The molecule has 4 nitrogen and oxygen atoms in total. The van der Waals surface area contributed by atoms with Crippen molar-refractivity contribution < 1.29 is 19.3 Å². The molecule has 0 aliphatic rings. The van der Waals surface area contributed by atoms with Gasteiger partial charge >= 0.3 is 0 Å². The van der Waals surface area contributed by atoms with Crippen molar-refractivity contribution in [1.82, 2.24) is 0 Å². The molecule has 0 heterocycles. The van der Waals surface area contributed by atoms with Crippen molar-refractivity contribution in [2.45, 2.75) is 18.8 Å². The van der Waals surface area contributed by atoms with Crippen molar-refractivity contribution in [3.8, 4) is 5.75 Å². The molecule has 0 bridgehead atoms. The Bertz CT molecular complexity index is 314. The first kappa shape index (κ1) is 13.0. The van der Waals surface area contributed by atoms with Crippen molar-refractivity contribution in [2.24, 2.45) is 0 Å². The van der Waals surface area contributed by atoms with Crippen LogP contribution in [0.1, 0.15) is 12.5 Å². The second-order valence-corrected chi connectivity index (χ2v) is 3.68. The van der Waals surface area contributed by atoms with Gasteiger partial charge in [0.05, 0.1) is 7.11 Å². The smallest absolute Gasteiger partial charge is 0.189 e. The maximum absolute atomic E-state index is 10.3. The summed E-state index contributed by atoms with van der Waals surface area (Å²) in [5, 5.41) is 10.3. The highest BCUT2D eigenvalue weighted by Crippen LogP contribution is 2.28. The van der Waals surface area contributed by atoms with Gasteiger partial charge in [-0.15, -0.1) is 0 Å². The minimum absolute atomic E-state index is 0.708. The quantitative estimate of drug-likeness (QED) is 0.773. The second kappa shape index (κ2) is 5.30. The fourth-order valence-electron chi connectivity index (χ4n) is 1.62. The summed E-state index contributed by atoms with van der Waals surface area (Å²) in [6, 6.07) is 7.13. The van der Waals surface area contributed by atoms with E-state index in [1.807, 2.05) is 0 Å². The molecular weight excluding hydrogens is 208 g/mol. The maximum Gasteiger partial charge on any atom is 0.189 e. The summed E-state index contributed by atoms with van der Waals surface area (Å²) in [5.41, 5.74) is -0.488. The van der Waals surface area contributed by atoms with Crippen LogP contribution in [-0.4, -0.2) is 32.7 Å². The van der Waals surface area contributed by atoms with E-state index in [0.717, 1.165) is 5.75 Å². The number of hydrogen-bond donors (Lipinski definition) is 1. The minimum Gasteiger partial charge on any atom is -0.497 e. The molecular formula is C12H18O4. The van der Waals surface area contributed by atoms with Gasteiger partial charge in [-0.1, -0.05) is 12.1 Å². The molecule has 0 saturated carbocycles. The highest BCUT2D eigenvalue weighted by Gasteiger charge is 2.34. The second-order valence-electron chi connectivity index (χ2n) is 3.68. The van der Waals surface area contributed by atoms with Crippen LogP contribution < -0.4 is 4.74 Å². The van der Waals surface area contributed by atoms with Crippen LogP contribution in [0.5, 0.6) is 5.75 Å². The predicted octanol–water partition coefficient (Wildman–Crippen LogP) is 1.52. The van der Waals surface area contributed by atoms with Crippen LogP contribution in [0.2, 0.25) is 0 Å². The molecule has 1 rings (SSSR count). The van der Waals surface area contributed by atoms with Crippen molar-refractivity contribution in [3.05, 3.63) is 29.8 Å². The lowest BCUT2D eigenvalue weighted by molar-refractivity contribution is -0.213. The van der Waals surface area contributed by atoms with Gasteiger partial charge in [-0.2, -0.15) is 0 Å². The third-order valence-corrected chi connectivity index (χ3v) is 2.56. The summed E-state index contributed by atoms with van der Waals surface area (Å²) in [6.45, 7) is 1.65. The van der Waals surface area contributed by atoms with E-state index in [4.69, 9.17) is 14.2 Å². The first-order valence-electron chi connectivity index (χ1n) is 4.98. The Morgan fingerprint density at radius 2 is 1.56 bits per heavy atom. The molecule has 0 radical (unpaired) electrons. The Hall–Kier alpha value is -1.10. The zero-order valence-corrected chi connectivity index (χ0v) is 10.1. The van der Waals surface area contributed by atoms with E-state index in [-0.39, 0.29) is 0 Å². The summed E-state index contributed by atoms with van der Waals surface area (Å²) in [5.74, 6) is 0.742. The number of rotatable bonds is 5. The van der Waals surface area contributed by atoms with Crippen molar-refractivity contribution >= 4 is 0 Å². The topological polar surface area (TPSA) is 47.9 Å². The molecule has 0 saturated heterocycles. The molecule has 0 spiro atoms. The van der Waals surface area contributed by atoms with Crippen molar-refractivity contribution in [2.75, 3.05) is 21.3 Å². The van der Waals surface area contributed by atoms with E-state index < -0.39 is 11.9 Å². The van der Waals surface area contributed by atoms with Crippen molar-refractivity contribution in [1.29, 1.82) is 0 Å². The zero-order valence-electron chi connectivity index (χ0n) is 10.1. The van der Waals surface area contributed by atoms with Crippen LogP contribution in [0, 0.1) is 0 Å². The molecule has 0 aliphatic heterocycles. The van der Waals surface area contributed by atoms with Gasteiger partial charge in [0.15, 0.2) is 6.29 Å². The average molecular weight is 226 g/mol. The van der Waals surface area contributed by atoms with Crippen LogP contribution in [0.25, 0.3) is 0 Å². The zero-order chi connectivity index (χ0) is 12.2. The molecule has 0 aromatic heterocycles. The van der Waals surface area contributed by atoms with E-state index in [0.29, 0.717) is 5.56 Å². The summed E-state index contributed by atoms with van der Waals surface area (Å²) in [7, 11) is 4.58. The Morgan fingerprint density at radius 3 is 1.94 bits per heavy atom. The molecule has 1 N–H and O–H groups in total. The summed E-state index contributed by atoms with van der Waals surface area (Å²) in [6.07, 6.45) is -0.708. The van der Waals surface area contributed by atoms with Crippen LogP contribution in [0.3, 0.4) is 0 Å². The Morgan fingerprint density at radius 1 is 1.06 bits per heavy atom. The summed E-state index contributed by atoms with van der Waals surface area (Å²) in [4.78, 5) is 0. The molecule has 1 aromatic carbocycles. The van der Waals surface area contributed by atoms with Gasteiger partial charge in [-0.05, 0) is 24.6 Å². The molecule has 0 amide bonds. The summed E-state index contributed by atoms with van der Waals surface area (Å²) >= 11 is 0. The van der Waals surface area contributed by atoms with Crippen LogP contribution in [0.15, 0.2) is 24.3 Å². The van der Waals surface area contributed by atoms with Gasteiger partial charge in [0.2, 0.25) is 0 Å².